The molecule has 5 rings (SSSR count). The van der Waals surface area contributed by atoms with Gasteiger partial charge in [-0.05, 0) is 87.7 Å². The number of ether oxygens (including phenoxy) is 3. The van der Waals surface area contributed by atoms with Crippen LogP contribution < -0.4 is 9.64 Å². The van der Waals surface area contributed by atoms with Crippen molar-refractivity contribution >= 4 is 22.4 Å². The van der Waals surface area contributed by atoms with E-state index in [2.05, 4.69) is 34.1 Å². The van der Waals surface area contributed by atoms with Gasteiger partial charge in [0.25, 0.3) is 5.91 Å². The number of carbonyl (C=O) groups is 1. The van der Waals surface area contributed by atoms with Crippen LogP contribution in [0.1, 0.15) is 61.7 Å². The Hall–Kier alpha value is -2.35. The van der Waals surface area contributed by atoms with E-state index in [1.54, 1.807) is 14.2 Å². The fraction of sp³-hybridized carbons (Fsp3) is 0.645. The lowest BCUT2D eigenvalue weighted by Crippen LogP contribution is -2.42. The van der Waals surface area contributed by atoms with Crippen LogP contribution in [0.5, 0.6) is 5.75 Å². The molecule has 0 atom stereocenters. The van der Waals surface area contributed by atoms with E-state index in [-0.39, 0.29) is 12.0 Å². The number of nitrogens with zero attached hydrogens (tertiary/aromatic N) is 3. The van der Waals surface area contributed by atoms with Gasteiger partial charge in [0, 0.05) is 52.3 Å². The highest BCUT2D eigenvalue weighted by atomic mass is 16.5. The van der Waals surface area contributed by atoms with Gasteiger partial charge in [-0.3, -0.25) is 4.79 Å². The molecule has 3 heterocycles. The summed E-state index contributed by atoms with van der Waals surface area (Å²) in [4.78, 5) is 20.8. The third kappa shape index (κ3) is 6.44. The van der Waals surface area contributed by atoms with E-state index in [1.807, 2.05) is 11.0 Å². The number of benzene rings is 2. The van der Waals surface area contributed by atoms with E-state index in [4.69, 9.17) is 14.2 Å². The van der Waals surface area contributed by atoms with E-state index < -0.39 is 0 Å². The van der Waals surface area contributed by atoms with E-state index >= 15 is 0 Å². The molecule has 38 heavy (non-hydrogen) atoms. The molecule has 2 aromatic rings. The summed E-state index contributed by atoms with van der Waals surface area (Å²) in [6.45, 7) is 7.56. The van der Waals surface area contributed by atoms with Gasteiger partial charge in [0.1, 0.15) is 5.75 Å². The summed E-state index contributed by atoms with van der Waals surface area (Å²) in [6, 6.07) is 10.5. The normalized spacial score (nSPS) is 20.3. The van der Waals surface area contributed by atoms with E-state index in [0.717, 1.165) is 99.2 Å². The maximum Gasteiger partial charge on any atom is 0.255 e. The van der Waals surface area contributed by atoms with Crippen LogP contribution in [0.2, 0.25) is 0 Å². The zero-order valence-electron chi connectivity index (χ0n) is 23.3. The number of methoxy groups -OCH3 is 2. The van der Waals surface area contributed by atoms with Crippen molar-refractivity contribution in [3.05, 3.63) is 35.9 Å². The number of carbonyl (C=O) groups excluding carboxylic acids is 1. The lowest BCUT2D eigenvalue weighted by Gasteiger charge is -2.36. The molecule has 0 spiro atoms. The van der Waals surface area contributed by atoms with Crippen LogP contribution in [0, 0.1) is 0 Å². The van der Waals surface area contributed by atoms with Crippen molar-refractivity contribution in [3.8, 4) is 5.75 Å². The summed E-state index contributed by atoms with van der Waals surface area (Å²) in [5.41, 5.74) is 1.87. The van der Waals surface area contributed by atoms with Gasteiger partial charge >= 0.3 is 0 Å². The second-order valence-electron chi connectivity index (χ2n) is 11.1. The molecule has 0 unspecified atom stereocenters. The molecule has 0 radical (unpaired) electrons. The third-order valence-corrected chi connectivity index (χ3v) is 8.68. The average Bonchev–Trinajstić information content (AvgIpc) is 2.99. The zero-order chi connectivity index (χ0) is 26.3. The highest BCUT2D eigenvalue weighted by Crippen LogP contribution is 2.36. The van der Waals surface area contributed by atoms with Crippen molar-refractivity contribution in [2.75, 3.05) is 71.5 Å². The lowest BCUT2D eigenvalue weighted by atomic mass is 9.98. The Morgan fingerprint density at radius 1 is 0.842 bits per heavy atom. The predicted octanol–water partition coefficient (Wildman–Crippen LogP) is 4.96. The van der Waals surface area contributed by atoms with Crippen molar-refractivity contribution in [3.63, 3.8) is 0 Å². The van der Waals surface area contributed by atoms with Gasteiger partial charge in [-0.25, -0.2) is 0 Å². The molecule has 3 saturated heterocycles. The predicted molar refractivity (Wildman–Crippen MR) is 153 cm³/mol. The molecule has 208 valence electrons. The van der Waals surface area contributed by atoms with Crippen molar-refractivity contribution in [1.82, 2.24) is 9.80 Å². The van der Waals surface area contributed by atoms with Crippen molar-refractivity contribution in [2.24, 2.45) is 0 Å². The first-order valence-electron chi connectivity index (χ1n) is 14.7. The van der Waals surface area contributed by atoms with Crippen LogP contribution in [0.15, 0.2) is 30.3 Å². The molecule has 3 aliphatic rings. The minimum absolute atomic E-state index is 0.128. The first kappa shape index (κ1) is 27.2. The van der Waals surface area contributed by atoms with Crippen LogP contribution in [-0.2, 0) is 9.47 Å². The number of likely N-dealkylation sites (tertiary alicyclic amines) is 2. The van der Waals surface area contributed by atoms with E-state index in [1.165, 1.54) is 32.4 Å². The third-order valence-electron chi connectivity index (χ3n) is 8.68. The minimum Gasteiger partial charge on any atom is -0.494 e. The van der Waals surface area contributed by atoms with Crippen LogP contribution in [0.25, 0.3) is 10.8 Å². The van der Waals surface area contributed by atoms with Gasteiger partial charge < -0.3 is 28.9 Å². The zero-order valence-corrected chi connectivity index (χ0v) is 23.3. The smallest absolute Gasteiger partial charge is 0.255 e. The second-order valence-corrected chi connectivity index (χ2v) is 11.1. The Kier molecular flexibility index (Phi) is 9.41. The molecule has 7 nitrogen and oxygen atoms in total. The molecule has 1 amide bonds. The fourth-order valence-corrected chi connectivity index (χ4v) is 6.34. The number of anilines is 1. The Morgan fingerprint density at radius 2 is 1.53 bits per heavy atom. The number of piperidine rings is 3. The number of amides is 1. The van der Waals surface area contributed by atoms with Crippen LogP contribution in [0.4, 0.5) is 5.69 Å². The molecule has 0 aliphatic carbocycles. The van der Waals surface area contributed by atoms with Gasteiger partial charge in [-0.15, -0.1) is 0 Å². The summed E-state index contributed by atoms with van der Waals surface area (Å²) in [5.74, 6) is 1.03. The average molecular weight is 524 g/mol. The molecule has 0 bridgehead atoms. The highest BCUT2D eigenvalue weighted by Gasteiger charge is 2.29. The summed E-state index contributed by atoms with van der Waals surface area (Å²) < 4.78 is 17.3. The van der Waals surface area contributed by atoms with Gasteiger partial charge in [-0.1, -0.05) is 12.5 Å². The van der Waals surface area contributed by atoms with Crippen molar-refractivity contribution in [2.45, 2.75) is 63.6 Å². The topological polar surface area (TPSA) is 54.5 Å². The first-order valence-corrected chi connectivity index (χ1v) is 14.7. The van der Waals surface area contributed by atoms with Gasteiger partial charge in [0.15, 0.2) is 0 Å². The Morgan fingerprint density at radius 3 is 2.21 bits per heavy atom. The molecule has 0 N–H and O–H groups in total. The maximum atomic E-state index is 13.8. The highest BCUT2D eigenvalue weighted by molar-refractivity contribution is 6.09. The summed E-state index contributed by atoms with van der Waals surface area (Å²) >= 11 is 0. The van der Waals surface area contributed by atoms with Crippen LogP contribution in [-0.4, -0.2) is 94.6 Å². The summed E-state index contributed by atoms with van der Waals surface area (Å²) in [6.07, 6.45) is 9.34. The molecule has 7 heteroatoms. The Bertz CT molecular complexity index is 1050. The fourth-order valence-electron chi connectivity index (χ4n) is 6.34. The maximum absolute atomic E-state index is 13.8. The van der Waals surface area contributed by atoms with Crippen molar-refractivity contribution < 1.29 is 19.0 Å². The molecule has 0 aromatic heterocycles. The lowest BCUT2D eigenvalue weighted by molar-refractivity contribution is 0.0351. The molecule has 3 fully saturated rings. The second kappa shape index (κ2) is 13.1. The largest absolute Gasteiger partial charge is 0.494 e. The van der Waals surface area contributed by atoms with Gasteiger partial charge in [0.05, 0.1) is 30.1 Å². The number of hydrogen-bond donors (Lipinski definition) is 0. The summed E-state index contributed by atoms with van der Waals surface area (Å²) in [5, 5.41) is 2.25. The first-order chi connectivity index (χ1) is 18.7. The van der Waals surface area contributed by atoms with Crippen LogP contribution >= 0.6 is 0 Å². The molecule has 0 saturated carbocycles. The number of rotatable bonds is 9. The van der Waals surface area contributed by atoms with Gasteiger partial charge in [0.2, 0.25) is 0 Å². The molecular formula is C31H45N3O4. The van der Waals surface area contributed by atoms with E-state index in [9.17, 15) is 4.79 Å². The Balaban J connectivity index is 1.34. The van der Waals surface area contributed by atoms with E-state index in [0.29, 0.717) is 6.10 Å². The van der Waals surface area contributed by atoms with Crippen molar-refractivity contribution in [1.29, 1.82) is 0 Å². The monoisotopic (exact) mass is 523 g/mol. The number of hydrogen-bond acceptors (Lipinski definition) is 6. The molecule has 3 aliphatic heterocycles. The molecular weight excluding hydrogens is 478 g/mol. The Labute approximate surface area is 228 Å². The van der Waals surface area contributed by atoms with Gasteiger partial charge in [-0.2, -0.15) is 0 Å². The quantitative estimate of drug-likeness (QED) is 0.433. The SMILES string of the molecule is COC1CCN(C(=O)c2ccc3cc(OCCCN4CCCCC4)ccc3c2N2CCC(OC)CC2)CC1. The van der Waals surface area contributed by atoms with Crippen LogP contribution in [0.3, 0.4) is 0 Å². The number of fused-ring (bicyclic) bond motifs is 1. The summed E-state index contributed by atoms with van der Waals surface area (Å²) in [7, 11) is 3.56. The minimum atomic E-state index is 0.128. The molecule has 2 aromatic carbocycles. The standard InChI is InChI=1S/C31H45N3O4/c1-36-25-11-18-33(19-12-25)30-28-10-8-27(38-22-6-17-32-15-4-3-5-16-32)23-24(28)7-9-29(30)31(35)34-20-13-26(37-2)14-21-34/h7-10,23,25-26H,3-6,11-22H2,1-2H3.